The van der Waals surface area contributed by atoms with Crippen LogP contribution in [0.2, 0.25) is 0 Å². The molecule has 3 N–H and O–H groups in total. The number of hydrogen-bond donors (Lipinski definition) is 3. The molecule has 6 rings (SSSR count). The van der Waals surface area contributed by atoms with Crippen molar-refractivity contribution in [3.63, 3.8) is 0 Å². The van der Waals surface area contributed by atoms with Crippen molar-refractivity contribution in [3.05, 3.63) is 125 Å². The summed E-state index contributed by atoms with van der Waals surface area (Å²) in [5, 5.41) is 14.8. The van der Waals surface area contributed by atoms with E-state index in [0.29, 0.717) is 30.4 Å². The molecule has 1 heterocycles. The van der Waals surface area contributed by atoms with Crippen molar-refractivity contribution >= 4 is 54.5 Å². The van der Waals surface area contributed by atoms with Crippen molar-refractivity contribution in [1.29, 1.82) is 0 Å². The van der Waals surface area contributed by atoms with Gasteiger partial charge in [-0.25, -0.2) is 8.42 Å². The lowest BCUT2D eigenvalue weighted by Gasteiger charge is -2.47. The maximum Gasteiger partial charge on any atom is 0.286 e. The molecule has 0 amide bonds. The Kier molecular flexibility index (Phi) is 8.90. The van der Waals surface area contributed by atoms with Crippen LogP contribution in [0.1, 0.15) is 55.9 Å². The van der Waals surface area contributed by atoms with Gasteiger partial charge in [0.2, 0.25) is 10.0 Å². The Morgan fingerprint density at radius 2 is 1.60 bits per heavy atom. The molecule has 50 heavy (non-hydrogen) atoms. The van der Waals surface area contributed by atoms with Gasteiger partial charge in [-0.05, 0) is 65.6 Å². The van der Waals surface area contributed by atoms with E-state index in [1.165, 1.54) is 12.1 Å². The molecule has 0 bridgehead atoms. The fourth-order valence-electron chi connectivity index (χ4n) is 6.70. The predicted molar refractivity (Wildman–Crippen MR) is 199 cm³/mol. The van der Waals surface area contributed by atoms with E-state index in [9.17, 15) is 21.9 Å². The average molecular weight is 713 g/mol. The fraction of sp³-hybridized carbons (Fsp3) is 0.263. The van der Waals surface area contributed by atoms with Gasteiger partial charge in [-0.15, -0.1) is 4.40 Å². The largest absolute Gasteiger partial charge is 0.506 e. The van der Waals surface area contributed by atoms with Crippen molar-refractivity contribution < 1.29 is 26.7 Å². The third kappa shape index (κ3) is 6.65. The molecule has 4 aromatic carbocycles. The summed E-state index contributed by atoms with van der Waals surface area (Å²) >= 11 is 0. The summed E-state index contributed by atoms with van der Waals surface area (Å²) in [6.45, 7) is 6.29. The molecule has 4 aromatic rings. The molecular formula is C38H40N4O6S2. The minimum atomic E-state index is -4.45. The van der Waals surface area contributed by atoms with Crippen LogP contribution in [0.3, 0.4) is 0 Å². The minimum Gasteiger partial charge on any atom is -0.506 e. The summed E-state index contributed by atoms with van der Waals surface area (Å²) in [6.07, 6.45) is 2.53. The number of benzene rings is 4. The number of sulfonamides is 2. The minimum absolute atomic E-state index is 0.0389. The van der Waals surface area contributed by atoms with E-state index < -0.39 is 31.4 Å². The van der Waals surface area contributed by atoms with E-state index in [-0.39, 0.29) is 38.9 Å². The summed E-state index contributed by atoms with van der Waals surface area (Å²) in [5.74, 6) is -1.21. The second kappa shape index (κ2) is 12.7. The molecular weight excluding hydrogens is 673 g/mol. The van der Waals surface area contributed by atoms with Gasteiger partial charge in [0.1, 0.15) is 21.8 Å². The number of ketones is 1. The van der Waals surface area contributed by atoms with Gasteiger partial charge in [0.25, 0.3) is 10.0 Å². The Morgan fingerprint density at radius 1 is 0.940 bits per heavy atom. The van der Waals surface area contributed by atoms with Gasteiger partial charge in [-0.2, -0.15) is 8.42 Å². The first-order valence-corrected chi connectivity index (χ1v) is 19.5. The molecule has 1 unspecified atom stereocenters. The van der Waals surface area contributed by atoms with E-state index in [1.807, 2.05) is 66.5 Å². The highest BCUT2D eigenvalue weighted by atomic mass is 32.2. The molecule has 2 aliphatic rings. The first-order chi connectivity index (χ1) is 23.5. The Hall–Kier alpha value is -4.94. The lowest BCUT2D eigenvalue weighted by molar-refractivity contribution is -0.121. The van der Waals surface area contributed by atoms with Crippen LogP contribution >= 0.6 is 0 Å². The summed E-state index contributed by atoms with van der Waals surface area (Å²) in [4.78, 5) is 17.1. The first-order valence-electron chi connectivity index (χ1n) is 16.2. The Bertz CT molecular complexity index is 2280. The third-order valence-electron chi connectivity index (χ3n) is 9.13. The molecule has 0 saturated carbocycles. The number of fused-ring (bicyclic) bond motifs is 2. The van der Waals surface area contributed by atoms with Crippen LogP contribution in [0.15, 0.2) is 112 Å². The normalized spacial score (nSPS) is 18.4. The summed E-state index contributed by atoms with van der Waals surface area (Å²) in [7, 11) is -6.26. The van der Waals surface area contributed by atoms with Crippen LogP contribution < -0.4 is 14.9 Å². The smallest absolute Gasteiger partial charge is 0.286 e. The number of carbonyl (C=O) groups excluding carboxylic acids is 1. The Morgan fingerprint density at radius 3 is 2.30 bits per heavy atom. The molecule has 1 aliphatic carbocycles. The molecule has 0 aromatic heterocycles. The lowest BCUT2D eigenvalue weighted by atomic mass is 9.68. The Labute approximate surface area is 293 Å². The fourth-order valence-corrected chi connectivity index (χ4v) is 8.40. The van der Waals surface area contributed by atoms with Gasteiger partial charge >= 0.3 is 0 Å². The molecule has 1 atom stereocenters. The number of carbonyl (C=O) groups is 1. The highest BCUT2D eigenvalue weighted by molar-refractivity contribution is 7.92. The third-order valence-corrected chi connectivity index (χ3v) is 11.1. The number of amidine groups is 1. The lowest BCUT2D eigenvalue weighted by Crippen LogP contribution is -2.55. The maximum absolute atomic E-state index is 15.4. The average Bonchev–Trinajstić information content (AvgIpc) is 3.04. The van der Waals surface area contributed by atoms with Gasteiger partial charge in [-0.1, -0.05) is 93.6 Å². The number of nitrogens with one attached hydrogen (secondary N) is 2. The van der Waals surface area contributed by atoms with Gasteiger partial charge in [-0.3, -0.25) is 9.52 Å². The number of aliphatic hydroxyl groups excluding tert-OH is 1. The highest BCUT2D eigenvalue weighted by Gasteiger charge is 2.53. The molecule has 0 saturated heterocycles. The molecule has 0 fully saturated rings. The van der Waals surface area contributed by atoms with Crippen molar-refractivity contribution in [2.45, 2.75) is 50.5 Å². The predicted octanol–water partition coefficient (Wildman–Crippen LogP) is 6.87. The number of anilines is 3. The van der Waals surface area contributed by atoms with Crippen LogP contribution in [0.25, 0.3) is 5.76 Å². The monoisotopic (exact) mass is 712 g/mol. The van der Waals surface area contributed by atoms with Crippen molar-refractivity contribution in [2.75, 3.05) is 28.2 Å². The summed E-state index contributed by atoms with van der Waals surface area (Å²) < 4.78 is 57.3. The van der Waals surface area contributed by atoms with Crippen LogP contribution in [-0.4, -0.2) is 46.9 Å². The van der Waals surface area contributed by atoms with Crippen LogP contribution in [0.4, 0.5) is 17.1 Å². The number of likely N-dealkylation sites (N-methyl/N-ethyl adjacent to an activating group) is 1. The summed E-state index contributed by atoms with van der Waals surface area (Å²) in [6, 6.07) is 29.1. The summed E-state index contributed by atoms with van der Waals surface area (Å²) in [5.41, 5.74) is 2.21. The molecule has 1 aliphatic heterocycles. The second-order valence-electron chi connectivity index (χ2n) is 14.0. The Balaban J connectivity index is 1.53. The zero-order valence-corrected chi connectivity index (χ0v) is 30.2. The molecule has 12 heteroatoms. The van der Waals surface area contributed by atoms with E-state index in [4.69, 9.17) is 0 Å². The van der Waals surface area contributed by atoms with Crippen molar-refractivity contribution in [2.24, 2.45) is 9.81 Å². The number of hydrogen-bond acceptors (Lipinski definition) is 8. The number of para-hydroxylation sites is 1. The molecule has 0 radical (unpaired) electrons. The van der Waals surface area contributed by atoms with Crippen molar-refractivity contribution in [3.8, 4) is 0 Å². The molecule has 260 valence electrons. The van der Waals surface area contributed by atoms with Gasteiger partial charge in [0.15, 0.2) is 11.6 Å². The molecule has 0 spiro atoms. The number of nitrogens with zero attached hydrogens (tertiary/aromatic N) is 2. The topological polar surface area (TPSA) is 145 Å². The standard InChI is InChI=1S/C38H40N4O6S2/c1-37(2,3)21-22-38(42(4)31-18-12-9-15-26(31)23-25-13-7-6-8-14-25)29-17-11-10-16-28(29)34(43)33(35(38)44)36-39-30-20-19-27(40-49(5,45)46)24-32(30)50(47,48)41-36/h6-20,24,40,43H,21-23H2,1-5H3,(H,39,41). The first kappa shape index (κ1) is 34.9. The van der Waals surface area contributed by atoms with Crippen molar-refractivity contribution in [1.82, 2.24) is 0 Å². The van der Waals surface area contributed by atoms with Gasteiger partial charge in [0, 0.05) is 24.0 Å². The van der Waals surface area contributed by atoms with E-state index in [2.05, 4.69) is 47.3 Å². The van der Waals surface area contributed by atoms with Gasteiger partial charge in [0.05, 0.1) is 11.9 Å². The second-order valence-corrected chi connectivity index (χ2v) is 17.3. The SMILES string of the molecule is CN(c1ccccc1Cc1ccccc1)C1(CCC(C)(C)C)C(=O)C(C2=NS(=O)(=O)c3cc(NS(C)(=O)=O)ccc3N2)=C(O)c2ccccc21. The number of aliphatic hydroxyl groups is 1. The molecule has 10 nitrogen and oxygen atoms in total. The van der Waals surface area contributed by atoms with E-state index in [0.717, 1.165) is 29.1 Å². The van der Waals surface area contributed by atoms with Crippen LogP contribution in [0.5, 0.6) is 0 Å². The number of Topliss-reactive ketones (excluding diaryl/α,β-unsaturated/α-hetero) is 1. The van der Waals surface area contributed by atoms with Crippen LogP contribution in [-0.2, 0) is 36.8 Å². The van der Waals surface area contributed by atoms with Crippen LogP contribution in [0, 0.1) is 5.41 Å². The number of rotatable bonds is 9. The zero-order chi connectivity index (χ0) is 36.1. The quantitative estimate of drug-likeness (QED) is 0.171. The van der Waals surface area contributed by atoms with E-state index in [1.54, 1.807) is 12.1 Å². The van der Waals surface area contributed by atoms with E-state index >= 15 is 4.79 Å². The zero-order valence-electron chi connectivity index (χ0n) is 28.6. The highest BCUT2D eigenvalue weighted by Crippen LogP contribution is 2.49. The van der Waals surface area contributed by atoms with Gasteiger partial charge < -0.3 is 15.3 Å². The maximum atomic E-state index is 15.4.